The zero-order valence-electron chi connectivity index (χ0n) is 20.7. The van der Waals surface area contributed by atoms with Crippen LogP contribution < -0.4 is 16.2 Å². The monoisotopic (exact) mass is 528 g/mol. The summed E-state index contributed by atoms with van der Waals surface area (Å²) in [4.78, 5) is 49.1. The predicted molar refractivity (Wildman–Crippen MR) is 140 cm³/mol. The Bertz CT molecular complexity index is 1410. The van der Waals surface area contributed by atoms with E-state index in [0.717, 1.165) is 22.7 Å². The number of anilines is 1. The van der Waals surface area contributed by atoms with Gasteiger partial charge in [-0.1, -0.05) is 13.8 Å². The van der Waals surface area contributed by atoms with Crippen LogP contribution in [-0.2, 0) is 22.4 Å². The van der Waals surface area contributed by atoms with Crippen LogP contribution in [0.2, 0.25) is 0 Å². The van der Waals surface area contributed by atoms with Gasteiger partial charge in [-0.15, -0.1) is 11.3 Å². The van der Waals surface area contributed by atoms with Crippen LogP contribution in [0.15, 0.2) is 34.3 Å². The van der Waals surface area contributed by atoms with Crippen LogP contribution in [0.5, 0.6) is 0 Å². The van der Waals surface area contributed by atoms with E-state index >= 15 is 0 Å². The molecule has 0 spiro atoms. The van der Waals surface area contributed by atoms with Gasteiger partial charge in [0.25, 0.3) is 5.56 Å². The van der Waals surface area contributed by atoms with E-state index in [1.807, 2.05) is 0 Å². The zero-order valence-corrected chi connectivity index (χ0v) is 21.5. The zero-order chi connectivity index (χ0) is 26.7. The van der Waals surface area contributed by atoms with E-state index in [-0.39, 0.29) is 23.8 Å². The Labute approximate surface area is 216 Å². The van der Waals surface area contributed by atoms with Gasteiger partial charge in [-0.25, -0.2) is 14.8 Å². The van der Waals surface area contributed by atoms with Crippen molar-refractivity contribution in [3.63, 3.8) is 0 Å². The van der Waals surface area contributed by atoms with E-state index in [1.165, 1.54) is 4.40 Å². The first-order valence-corrected chi connectivity index (χ1v) is 12.9. The van der Waals surface area contributed by atoms with Crippen LogP contribution in [-0.4, -0.2) is 69.0 Å². The quantitative estimate of drug-likeness (QED) is 0.425. The van der Waals surface area contributed by atoms with Gasteiger partial charge >= 0.3 is 5.97 Å². The third-order valence-electron chi connectivity index (χ3n) is 6.28. The maximum atomic E-state index is 14.1. The molecule has 1 fully saturated rings. The van der Waals surface area contributed by atoms with Crippen molar-refractivity contribution < 1.29 is 19.1 Å². The smallest absolute Gasteiger partial charge is 0.364 e. The maximum Gasteiger partial charge on any atom is 0.364 e. The first kappa shape index (κ1) is 26.4. The average molecular weight is 529 g/mol. The van der Waals surface area contributed by atoms with Crippen molar-refractivity contribution >= 4 is 40.8 Å². The standard InChI is InChI=1S/C25H29FN6O4S/c1-15(2)19-14-37-21(28-19)4-3-16-5-6-32-20(11-16)29-23(17(24(32)34)12-18(26)25(35)36)31-9-7-30(8-10-31)22(33)13-27/h5-6,11-12,14-15H,3-4,7-10,13,27H2,1-2H3,(H,35,36)/b18-12-. The number of aryl methyl sites for hydroxylation is 2. The van der Waals surface area contributed by atoms with Crippen LogP contribution in [0, 0.1) is 0 Å². The van der Waals surface area contributed by atoms with Crippen molar-refractivity contribution in [2.24, 2.45) is 5.73 Å². The highest BCUT2D eigenvalue weighted by atomic mass is 32.1. The molecule has 3 N–H and O–H groups in total. The van der Waals surface area contributed by atoms with Crippen molar-refractivity contribution in [3.05, 3.63) is 61.7 Å². The number of carboxylic acids is 1. The lowest BCUT2D eigenvalue weighted by Gasteiger charge is -2.35. The van der Waals surface area contributed by atoms with Crippen molar-refractivity contribution in [2.75, 3.05) is 37.6 Å². The number of carboxylic acid groups (broad SMARTS) is 1. The Kier molecular flexibility index (Phi) is 7.98. The Morgan fingerprint density at radius 3 is 2.57 bits per heavy atom. The number of carbonyl (C=O) groups excluding carboxylic acids is 1. The summed E-state index contributed by atoms with van der Waals surface area (Å²) in [6.07, 6.45) is 3.72. The second kappa shape index (κ2) is 11.2. The third-order valence-corrected chi connectivity index (χ3v) is 7.21. The third kappa shape index (κ3) is 5.86. The molecule has 4 heterocycles. The number of fused-ring (bicyclic) bond motifs is 1. The molecule has 0 saturated carbocycles. The highest BCUT2D eigenvalue weighted by molar-refractivity contribution is 7.09. The summed E-state index contributed by atoms with van der Waals surface area (Å²) < 4.78 is 15.4. The summed E-state index contributed by atoms with van der Waals surface area (Å²) in [5.41, 5.74) is 7.11. The summed E-state index contributed by atoms with van der Waals surface area (Å²) in [5, 5.41) is 12.1. The van der Waals surface area contributed by atoms with Crippen molar-refractivity contribution in [3.8, 4) is 0 Å². The Morgan fingerprint density at radius 1 is 1.22 bits per heavy atom. The molecule has 1 amide bonds. The molecule has 3 aromatic rings. The van der Waals surface area contributed by atoms with E-state index in [1.54, 1.807) is 39.5 Å². The molecule has 1 aliphatic rings. The number of carbonyl (C=O) groups is 2. The first-order chi connectivity index (χ1) is 17.7. The molecule has 0 atom stereocenters. The van der Waals surface area contributed by atoms with Gasteiger partial charge in [0.1, 0.15) is 11.5 Å². The molecule has 1 saturated heterocycles. The summed E-state index contributed by atoms with van der Waals surface area (Å²) in [6.45, 7) is 5.49. The number of nitrogens with two attached hydrogens (primary N) is 1. The minimum atomic E-state index is -1.77. The van der Waals surface area contributed by atoms with E-state index in [9.17, 15) is 18.8 Å². The highest BCUT2D eigenvalue weighted by Gasteiger charge is 2.25. The van der Waals surface area contributed by atoms with Crippen molar-refractivity contribution in [1.29, 1.82) is 0 Å². The Hall–Kier alpha value is -3.64. The van der Waals surface area contributed by atoms with E-state index in [2.05, 4.69) is 29.2 Å². The molecule has 4 rings (SSSR count). The minimum absolute atomic E-state index is 0.101. The van der Waals surface area contributed by atoms with Gasteiger partial charge in [0.05, 0.1) is 22.8 Å². The summed E-state index contributed by atoms with van der Waals surface area (Å²) in [7, 11) is 0. The van der Waals surface area contributed by atoms with Crippen LogP contribution in [0.1, 0.15) is 41.6 Å². The van der Waals surface area contributed by atoms with Crippen LogP contribution >= 0.6 is 11.3 Å². The number of nitrogens with zero attached hydrogens (tertiary/aromatic N) is 5. The molecule has 0 radical (unpaired) electrons. The highest BCUT2D eigenvalue weighted by Crippen LogP contribution is 2.23. The fourth-order valence-electron chi connectivity index (χ4n) is 4.15. The molecule has 196 valence electrons. The van der Waals surface area contributed by atoms with Gasteiger partial charge < -0.3 is 20.6 Å². The van der Waals surface area contributed by atoms with E-state index in [4.69, 9.17) is 10.8 Å². The molecule has 10 nitrogen and oxygen atoms in total. The number of rotatable bonds is 8. The second-order valence-electron chi connectivity index (χ2n) is 9.11. The number of pyridine rings is 1. The number of hydrogen-bond acceptors (Lipinski definition) is 8. The van der Waals surface area contributed by atoms with Gasteiger partial charge in [0.15, 0.2) is 0 Å². The lowest BCUT2D eigenvalue weighted by atomic mass is 10.1. The number of thiazole rings is 1. The minimum Gasteiger partial charge on any atom is -0.476 e. The summed E-state index contributed by atoms with van der Waals surface area (Å²) in [5.74, 6) is -2.87. The van der Waals surface area contributed by atoms with Gasteiger partial charge in [-0.3, -0.25) is 14.0 Å². The molecule has 1 aliphatic heterocycles. The normalized spacial score (nSPS) is 14.6. The summed E-state index contributed by atoms with van der Waals surface area (Å²) >= 11 is 1.62. The molecule has 0 unspecified atom stereocenters. The number of amides is 1. The number of aromatic nitrogens is 3. The molecule has 37 heavy (non-hydrogen) atoms. The average Bonchev–Trinajstić information content (AvgIpc) is 3.38. The van der Waals surface area contributed by atoms with Crippen molar-refractivity contribution in [1.82, 2.24) is 19.3 Å². The molecule has 12 heteroatoms. The molecule has 0 aliphatic carbocycles. The van der Waals surface area contributed by atoms with Crippen LogP contribution in [0.25, 0.3) is 11.7 Å². The number of halogens is 1. The summed E-state index contributed by atoms with van der Waals surface area (Å²) in [6, 6.07) is 3.60. The number of aliphatic carboxylic acids is 1. The fourth-order valence-corrected chi connectivity index (χ4v) is 5.11. The predicted octanol–water partition coefficient (Wildman–Crippen LogP) is 2.06. The van der Waals surface area contributed by atoms with Gasteiger partial charge in [-0.2, -0.15) is 4.39 Å². The largest absolute Gasteiger partial charge is 0.476 e. The van der Waals surface area contributed by atoms with E-state index in [0.29, 0.717) is 50.2 Å². The number of piperazine rings is 1. The topological polar surface area (TPSA) is 134 Å². The molecular formula is C25H29FN6O4S. The fraction of sp³-hybridized carbons (Fsp3) is 0.400. The molecule has 3 aromatic heterocycles. The SMILES string of the molecule is CC(C)c1csc(CCc2ccn3c(=O)c(/C=C(\F)C(=O)O)c(N4CCN(C(=O)CN)CC4)nc3c2)n1. The Morgan fingerprint density at radius 2 is 1.95 bits per heavy atom. The first-order valence-electron chi connectivity index (χ1n) is 12.0. The van der Waals surface area contributed by atoms with Crippen LogP contribution in [0.4, 0.5) is 10.2 Å². The van der Waals surface area contributed by atoms with Crippen LogP contribution in [0.3, 0.4) is 0 Å². The van der Waals surface area contributed by atoms with Crippen molar-refractivity contribution in [2.45, 2.75) is 32.6 Å². The van der Waals surface area contributed by atoms with Gasteiger partial charge in [-0.05, 0) is 36.1 Å². The molecule has 0 bridgehead atoms. The lowest BCUT2D eigenvalue weighted by molar-refractivity contribution is -0.134. The second-order valence-corrected chi connectivity index (χ2v) is 10.1. The van der Waals surface area contributed by atoms with E-state index < -0.39 is 17.4 Å². The lowest BCUT2D eigenvalue weighted by Crippen LogP contribution is -2.51. The number of hydrogen-bond donors (Lipinski definition) is 2. The maximum absolute atomic E-state index is 14.1. The molecular weight excluding hydrogens is 499 g/mol. The Balaban J connectivity index is 1.68. The van der Waals surface area contributed by atoms with Gasteiger partial charge in [0, 0.05) is 44.2 Å². The van der Waals surface area contributed by atoms with Gasteiger partial charge in [0.2, 0.25) is 11.7 Å². The molecule has 0 aromatic carbocycles.